The molecule has 5 atom stereocenters. The standard InChI is InChI=1S/C15H19Cl6O8P/c16-14(17,18)6-26-30(23,27-7-15(19,20)21)25-5-1-4-24-13-11-9-3-2-8(28-9)10(11)12(22)29-13/h8-11,13H,1-7H2/t8-,9+,10-,11+,13+/m1/s1. The van der Waals surface area contributed by atoms with Crippen molar-refractivity contribution in [2.24, 2.45) is 11.8 Å². The van der Waals surface area contributed by atoms with Crippen molar-refractivity contribution >= 4 is 83.4 Å². The number of esters is 1. The van der Waals surface area contributed by atoms with Crippen LogP contribution in [0.3, 0.4) is 0 Å². The van der Waals surface area contributed by atoms with Gasteiger partial charge in [0.15, 0.2) is 0 Å². The summed E-state index contributed by atoms with van der Waals surface area (Å²) in [5, 5.41) is 0. The molecule has 3 saturated heterocycles. The lowest BCUT2D eigenvalue weighted by atomic mass is 9.81. The average Bonchev–Trinajstić information content (AvgIpc) is 3.31. The van der Waals surface area contributed by atoms with Gasteiger partial charge in [-0.2, -0.15) is 0 Å². The molecule has 3 aliphatic heterocycles. The molecule has 0 spiro atoms. The Morgan fingerprint density at radius 2 is 1.53 bits per heavy atom. The Labute approximate surface area is 203 Å². The topological polar surface area (TPSA) is 89.5 Å². The molecule has 3 aliphatic rings. The molecule has 3 heterocycles. The van der Waals surface area contributed by atoms with E-state index in [0.717, 1.165) is 12.8 Å². The molecule has 0 radical (unpaired) electrons. The Bertz CT molecular complexity index is 648. The minimum absolute atomic E-state index is 0.0291. The van der Waals surface area contributed by atoms with Crippen LogP contribution in [0.15, 0.2) is 0 Å². The second kappa shape index (κ2) is 10.2. The molecule has 0 saturated carbocycles. The van der Waals surface area contributed by atoms with E-state index in [-0.39, 0.29) is 49.6 Å². The van der Waals surface area contributed by atoms with Crippen LogP contribution in [0.2, 0.25) is 0 Å². The van der Waals surface area contributed by atoms with Crippen molar-refractivity contribution in [3.63, 3.8) is 0 Å². The molecule has 0 aliphatic carbocycles. The van der Waals surface area contributed by atoms with Crippen molar-refractivity contribution < 1.29 is 37.1 Å². The fourth-order valence-corrected chi connectivity index (χ4v) is 5.70. The van der Waals surface area contributed by atoms with Gasteiger partial charge in [-0.25, -0.2) is 4.57 Å². The number of phosphoric ester groups is 1. The zero-order valence-electron chi connectivity index (χ0n) is 15.3. The summed E-state index contributed by atoms with van der Waals surface area (Å²) in [5.74, 6) is -0.669. The number of cyclic esters (lactones) is 1. The predicted molar refractivity (Wildman–Crippen MR) is 111 cm³/mol. The number of halogens is 6. The predicted octanol–water partition coefficient (Wildman–Crippen LogP) is 4.97. The summed E-state index contributed by atoms with van der Waals surface area (Å²) >= 11 is 33.6. The van der Waals surface area contributed by atoms with Crippen molar-refractivity contribution in [1.29, 1.82) is 0 Å². The van der Waals surface area contributed by atoms with Crippen LogP contribution >= 0.6 is 77.4 Å². The Hall–Kier alpha value is 1.24. The minimum atomic E-state index is -4.18. The summed E-state index contributed by atoms with van der Waals surface area (Å²) in [6.07, 6.45) is 1.23. The summed E-state index contributed by atoms with van der Waals surface area (Å²) in [5.41, 5.74) is 0. The smallest absolute Gasteiger partial charge is 0.435 e. The van der Waals surface area contributed by atoms with Gasteiger partial charge < -0.3 is 14.2 Å². The van der Waals surface area contributed by atoms with E-state index in [0.29, 0.717) is 0 Å². The molecule has 0 amide bonds. The van der Waals surface area contributed by atoms with Gasteiger partial charge in [-0.05, 0) is 19.3 Å². The molecule has 0 aromatic rings. The number of alkyl halides is 6. The number of phosphoric acid groups is 1. The number of ether oxygens (including phenoxy) is 3. The maximum Gasteiger partial charge on any atom is 0.475 e. The lowest BCUT2D eigenvalue weighted by Crippen LogP contribution is -2.32. The van der Waals surface area contributed by atoms with E-state index < -0.39 is 34.9 Å². The maximum atomic E-state index is 12.7. The molecule has 0 unspecified atom stereocenters. The summed E-state index contributed by atoms with van der Waals surface area (Å²) in [6, 6.07) is 0. The first-order chi connectivity index (χ1) is 13.9. The minimum Gasteiger partial charge on any atom is -0.435 e. The van der Waals surface area contributed by atoms with Gasteiger partial charge in [0.05, 0.1) is 37.3 Å². The highest BCUT2D eigenvalue weighted by Crippen LogP contribution is 2.53. The summed E-state index contributed by atoms with van der Waals surface area (Å²) in [6.45, 7) is -1.09. The molecule has 15 heteroatoms. The monoisotopic (exact) mass is 568 g/mol. The van der Waals surface area contributed by atoms with Crippen molar-refractivity contribution in [1.82, 2.24) is 0 Å². The van der Waals surface area contributed by atoms with Gasteiger partial charge in [0.1, 0.15) is 13.2 Å². The third kappa shape index (κ3) is 7.12. The number of hydrogen-bond acceptors (Lipinski definition) is 8. The van der Waals surface area contributed by atoms with Crippen LogP contribution in [0.5, 0.6) is 0 Å². The molecular formula is C15H19Cl6O8P. The highest BCUT2D eigenvalue weighted by atomic mass is 35.6. The van der Waals surface area contributed by atoms with E-state index >= 15 is 0 Å². The molecule has 3 rings (SSSR count). The van der Waals surface area contributed by atoms with Gasteiger partial charge >= 0.3 is 13.8 Å². The number of carbonyl (C=O) groups is 1. The van der Waals surface area contributed by atoms with Crippen LogP contribution in [0.25, 0.3) is 0 Å². The van der Waals surface area contributed by atoms with E-state index in [1.165, 1.54) is 0 Å². The average molecular weight is 571 g/mol. The fraction of sp³-hybridized carbons (Fsp3) is 0.933. The first kappa shape index (κ1) is 25.9. The van der Waals surface area contributed by atoms with Crippen LogP contribution in [0.1, 0.15) is 19.3 Å². The third-order valence-corrected chi connectivity index (χ3v) is 6.79. The summed E-state index contributed by atoms with van der Waals surface area (Å²) in [7, 11) is -4.18. The normalized spacial score (nSPS) is 31.3. The Morgan fingerprint density at radius 3 is 2.13 bits per heavy atom. The van der Waals surface area contributed by atoms with E-state index in [2.05, 4.69) is 0 Å². The van der Waals surface area contributed by atoms with Crippen molar-refractivity contribution in [2.75, 3.05) is 26.4 Å². The van der Waals surface area contributed by atoms with Gasteiger partial charge in [0.2, 0.25) is 13.9 Å². The Kier molecular flexibility index (Phi) is 8.83. The first-order valence-electron chi connectivity index (χ1n) is 9.02. The lowest BCUT2D eigenvalue weighted by molar-refractivity contribution is -0.175. The molecule has 2 bridgehead atoms. The molecule has 3 fully saturated rings. The Morgan fingerprint density at radius 1 is 0.933 bits per heavy atom. The largest absolute Gasteiger partial charge is 0.475 e. The van der Waals surface area contributed by atoms with Gasteiger partial charge in [0, 0.05) is 0 Å². The van der Waals surface area contributed by atoms with Crippen molar-refractivity contribution in [2.45, 2.75) is 45.3 Å². The second-order valence-electron chi connectivity index (χ2n) is 6.98. The summed E-state index contributed by atoms with van der Waals surface area (Å²) in [4.78, 5) is 12.0. The number of fused-ring (bicyclic) bond motifs is 5. The van der Waals surface area contributed by atoms with E-state index in [1.807, 2.05) is 0 Å². The Balaban J connectivity index is 1.43. The highest BCUT2D eigenvalue weighted by molar-refractivity contribution is 7.48. The quantitative estimate of drug-likeness (QED) is 0.157. The number of hydrogen-bond donors (Lipinski definition) is 0. The lowest BCUT2D eigenvalue weighted by Gasteiger charge is -2.23. The van der Waals surface area contributed by atoms with Crippen molar-refractivity contribution in [3.8, 4) is 0 Å². The zero-order valence-corrected chi connectivity index (χ0v) is 20.7. The fourth-order valence-electron chi connectivity index (χ4n) is 3.64. The van der Waals surface area contributed by atoms with Crippen LogP contribution in [-0.4, -0.2) is 58.5 Å². The molecule has 8 nitrogen and oxygen atoms in total. The van der Waals surface area contributed by atoms with E-state index in [9.17, 15) is 9.36 Å². The molecule has 0 N–H and O–H groups in total. The molecular weight excluding hydrogens is 552 g/mol. The van der Waals surface area contributed by atoms with Gasteiger partial charge in [-0.3, -0.25) is 18.4 Å². The molecule has 174 valence electrons. The number of carbonyl (C=O) groups excluding carboxylic acids is 1. The van der Waals surface area contributed by atoms with E-state index in [4.69, 9.17) is 97.4 Å². The second-order valence-corrected chi connectivity index (χ2v) is 13.7. The van der Waals surface area contributed by atoms with E-state index in [1.54, 1.807) is 0 Å². The zero-order chi connectivity index (χ0) is 22.2. The van der Waals surface area contributed by atoms with Crippen molar-refractivity contribution in [3.05, 3.63) is 0 Å². The third-order valence-electron chi connectivity index (χ3n) is 4.74. The van der Waals surface area contributed by atoms with Crippen LogP contribution in [0, 0.1) is 11.8 Å². The molecule has 0 aromatic carbocycles. The molecule has 0 aromatic heterocycles. The van der Waals surface area contributed by atoms with Gasteiger partial charge in [0.25, 0.3) is 0 Å². The first-order valence-corrected chi connectivity index (χ1v) is 12.7. The SMILES string of the molecule is O=C1O[C@H](OCCCOP(=O)(OCC(Cl)(Cl)Cl)OCC(Cl)(Cl)Cl)[C@@H]2[C@H]1[C@H]1CC[C@@H]2O1. The van der Waals surface area contributed by atoms with Crippen LogP contribution < -0.4 is 0 Å². The molecule has 30 heavy (non-hydrogen) atoms. The summed E-state index contributed by atoms with van der Waals surface area (Å²) < 4.78 is 40.9. The van der Waals surface area contributed by atoms with Crippen LogP contribution in [0.4, 0.5) is 0 Å². The maximum absolute atomic E-state index is 12.7. The van der Waals surface area contributed by atoms with Crippen LogP contribution in [-0.2, 0) is 37.1 Å². The van der Waals surface area contributed by atoms with Gasteiger partial charge in [-0.1, -0.05) is 69.6 Å². The number of rotatable bonds is 10. The van der Waals surface area contributed by atoms with Gasteiger partial charge in [-0.15, -0.1) is 0 Å². The highest BCUT2D eigenvalue weighted by Gasteiger charge is 2.61.